The van der Waals surface area contributed by atoms with Crippen molar-refractivity contribution in [2.24, 2.45) is 0 Å². The van der Waals surface area contributed by atoms with Crippen LogP contribution in [0.2, 0.25) is 0 Å². The number of hydrogen-bond donors (Lipinski definition) is 0. The average molecular weight is 446 g/mol. The van der Waals surface area contributed by atoms with E-state index in [-0.39, 0.29) is 0 Å². The normalized spacial score (nSPS) is 14.2. The molecule has 1 aromatic heterocycles. The van der Waals surface area contributed by atoms with E-state index in [0.717, 1.165) is 23.6 Å². The van der Waals surface area contributed by atoms with E-state index in [1.807, 2.05) is 30.3 Å². The Kier molecular flexibility index (Phi) is 6.70. The van der Waals surface area contributed by atoms with Gasteiger partial charge in [0.1, 0.15) is 5.75 Å². The minimum atomic E-state index is 0.573. The molecule has 2 heterocycles. The second-order valence-electron chi connectivity index (χ2n) is 8.09. The molecule has 1 aliphatic heterocycles. The number of thioether (sulfide) groups is 1. The van der Waals surface area contributed by atoms with Crippen LogP contribution in [0.1, 0.15) is 24.3 Å². The zero-order chi connectivity index (χ0) is 21.6. The maximum Gasteiger partial charge on any atom is 0.247 e. The fourth-order valence-electron chi connectivity index (χ4n) is 4.05. The van der Waals surface area contributed by atoms with Gasteiger partial charge in [-0.15, -0.1) is 22.0 Å². The number of aromatic nitrogens is 2. The van der Waals surface area contributed by atoms with Crippen molar-refractivity contribution in [1.29, 1.82) is 0 Å². The Morgan fingerprint density at radius 2 is 1.72 bits per heavy atom. The lowest BCUT2D eigenvalue weighted by molar-refractivity contribution is 0.331. The van der Waals surface area contributed by atoms with E-state index in [0.29, 0.717) is 24.1 Å². The lowest BCUT2D eigenvalue weighted by Gasteiger charge is -2.15. The van der Waals surface area contributed by atoms with Gasteiger partial charge in [0.25, 0.3) is 0 Å². The van der Waals surface area contributed by atoms with E-state index in [1.54, 1.807) is 11.8 Å². The van der Waals surface area contributed by atoms with Crippen LogP contribution in [-0.4, -0.2) is 40.5 Å². The van der Waals surface area contributed by atoms with Gasteiger partial charge in [0.15, 0.2) is 0 Å². The quantitative estimate of drug-likeness (QED) is 0.304. The standard InChI is InChI=1S/C26H27N3O2S/c1-2-6-24(7-3-1)30-14-15-32-19-25-27-28-26(31-25)23-11-10-21-16-20(8-9-22(21)17-23)18-29-12-4-5-13-29/h1-3,6-11,16-17H,4-5,12-15,18-19H2. The first-order valence-corrected chi connectivity index (χ1v) is 12.3. The van der Waals surface area contributed by atoms with Crippen LogP contribution in [0.5, 0.6) is 5.75 Å². The molecule has 32 heavy (non-hydrogen) atoms. The predicted octanol–water partition coefficient (Wildman–Crippen LogP) is 5.80. The van der Waals surface area contributed by atoms with Crippen molar-refractivity contribution in [2.45, 2.75) is 25.1 Å². The summed E-state index contributed by atoms with van der Waals surface area (Å²) in [6, 6.07) is 22.9. The van der Waals surface area contributed by atoms with Crippen LogP contribution < -0.4 is 4.74 Å². The number of para-hydroxylation sites is 1. The molecular weight excluding hydrogens is 418 g/mol. The van der Waals surface area contributed by atoms with Gasteiger partial charge >= 0.3 is 0 Å². The lowest BCUT2D eigenvalue weighted by Crippen LogP contribution is -2.18. The van der Waals surface area contributed by atoms with Gasteiger partial charge in [-0.2, -0.15) is 0 Å². The third kappa shape index (κ3) is 5.31. The molecular formula is C26H27N3O2S. The molecule has 0 spiro atoms. The van der Waals surface area contributed by atoms with E-state index >= 15 is 0 Å². The second-order valence-corrected chi connectivity index (χ2v) is 9.20. The molecule has 4 aromatic rings. The minimum absolute atomic E-state index is 0.573. The maximum absolute atomic E-state index is 5.91. The van der Waals surface area contributed by atoms with Gasteiger partial charge in [0.2, 0.25) is 11.8 Å². The molecule has 3 aromatic carbocycles. The van der Waals surface area contributed by atoms with E-state index in [2.05, 4.69) is 51.5 Å². The fraction of sp³-hybridized carbons (Fsp3) is 0.308. The molecule has 0 aliphatic carbocycles. The molecule has 6 heteroatoms. The van der Waals surface area contributed by atoms with Gasteiger partial charge in [0.05, 0.1) is 12.4 Å². The highest BCUT2D eigenvalue weighted by atomic mass is 32.2. The van der Waals surface area contributed by atoms with E-state index in [1.165, 1.54) is 42.3 Å². The van der Waals surface area contributed by atoms with Crippen molar-refractivity contribution < 1.29 is 9.15 Å². The lowest BCUT2D eigenvalue weighted by atomic mass is 10.0. The predicted molar refractivity (Wildman–Crippen MR) is 130 cm³/mol. The topological polar surface area (TPSA) is 51.4 Å². The maximum atomic E-state index is 5.91. The molecule has 0 N–H and O–H groups in total. The van der Waals surface area contributed by atoms with Gasteiger partial charge in [-0.25, -0.2) is 0 Å². The molecule has 1 aliphatic rings. The summed E-state index contributed by atoms with van der Waals surface area (Å²) in [6.07, 6.45) is 2.65. The first-order chi connectivity index (χ1) is 15.8. The monoisotopic (exact) mass is 445 g/mol. The van der Waals surface area contributed by atoms with Crippen LogP contribution in [0.15, 0.2) is 71.1 Å². The summed E-state index contributed by atoms with van der Waals surface area (Å²) in [6.45, 7) is 4.13. The van der Waals surface area contributed by atoms with Gasteiger partial charge in [0, 0.05) is 17.9 Å². The highest BCUT2D eigenvalue weighted by molar-refractivity contribution is 7.98. The fourth-order valence-corrected chi connectivity index (χ4v) is 4.69. The number of ether oxygens (including phenoxy) is 1. The highest BCUT2D eigenvalue weighted by Crippen LogP contribution is 2.26. The summed E-state index contributed by atoms with van der Waals surface area (Å²) < 4.78 is 11.6. The van der Waals surface area contributed by atoms with Crippen LogP contribution in [-0.2, 0) is 12.3 Å². The minimum Gasteiger partial charge on any atom is -0.493 e. The van der Waals surface area contributed by atoms with Crippen LogP contribution in [0.25, 0.3) is 22.2 Å². The smallest absolute Gasteiger partial charge is 0.247 e. The summed E-state index contributed by atoms with van der Waals surface area (Å²) in [5.41, 5.74) is 2.33. The number of likely N-dealkylation sites (tertiary alicyclic amines) is 1. The summed E-state index contributed by atoms with van der Waals surface area (Å²) in [4.78, 5) is 2.53. The van der Waals surface area contributed by atoms with Gasteiger partial charge < -0.3 is 9.15 Å². The van der Waals surface area contributed by atoms with E-state index in [4.69, 9.17) is 9.15 Å². The van der Waals surface area contributed by atoms with Crippen molar-refractivity contribution >= 4 is 22.5 Å². The zero-order valence-electron chi connectivity index (χ0n) is 18.1. The Morgan fingerprint density at radius 1 is 0.906 bits per heavy atom. The van der Waals surface area contributed by atoms with Crippen molar-refractivity contribution in [2.75, 3.05) is 25.4 Å². The number of fused-ring (bicyclic) bond motifs is 1. The van der Waals surface area contributed by atoms with Crippen LogP contribution >= 0.6 is 11.8 Å². The zero-order valence-corrected chi connectivity index (χ0v) is 18.9. The van der Waals surface area contributed by atoms with Crippen LogP contribution in [0.3, 0.4) is 0 Å². The second kappa shape index (κ2) is 10.2. The first kappa shape index (κ1) is 21.0. The van der Waals surface area contributed by atoms with E-state index in [9.17, 15) is 0 Å². The third-order valence-corrected chi connectivity index (χ3v) is 6.59. The molecule has 0 bridgehead atoms. The summed E-state index contributed by atoms with van der Waals surface area (Å²) in [5, 5.41) is 10.9. The van der Waals surface area contributed by atoms with Crippen molar-refractivity contribution in [3.63, 3.8) is 0 Å². The molecule has 0 saturated carbocycles. The molecule has 1 fully saturated rings. The molecule has 5 nitrogen and oxygen atoms in total. The molecule has 0 amide bonds. The Morgan fingerprint density at radius 3 is 2.59 bits per heavy atom. The molecule has 1 saturated heterocycles. The summed E-state index contributed by atoms with van der Waals surface area (Å²) in [7, 11) is 0. The van der Waals surface area contributed by atoms with Crippen molar-refractivity contribution in [3.8, 4) is 17.2 Å². The molecule has 5 rings (SSSR count). The largest absolute Gasteiger partial charge is 0.493 e. The Balaban J connectivity index is 1.16. The van der Waals surface area contributed by atoms with Gasteiger partial charge in [-0.05, 0) is 72.6 Å². The Labute approximate surface area is 192 Å². The Hall–Kier alpha value is -2.83. The van der Waals surface area contributed by atoms with Gasteiger partial charge in [-0.1, -0.05) is 36.4 Å². The molecule has 0 atom stereocenters. The molecule has 164 valence electrons. The third-order valence-electron chi connectivity index (χ3n) is 5.69. The Bertz CT molecular complexity index is 1160. The van der Waals surface area contributed by atoms with Gasteiger partial charge in [-0.3, -0.25) is 4.90 Å². The SMILES string of the molecule is c1ccc(OCCSCc2nnc(-c3ccc4cc(CN5CCCC5)ccc4c3)o2)cc1. The van der Waals surface area contributed by atoms with Crippen LogP contribution in [0.4, 0.5) is 0 Å². The molecule has 0 radical (unpaired) electrons. The highest BCUT2D eigenvalue weighted by Gasteiger charge is 2.13. The number of rotatable bonds is 9. The average Bonchev–Trinajstić information content (AvgIpc) is 3.52. The van der Waals surface area contributed by atoms with Crippen LogP contribution in [0, 0.1) is 0 Å². The number of nitrogens with zero attached hydrogens (tertiary/aromatic N) is 3. The summed E-state index contributed by atoms with van der Waals surface area (Å²) >= 11 is 1.73. The number of benzene rings is 3. The summed E-state index contributed by atoms with van der Waals surface area (Å²) in [5.74, 6) is 3.66. The molecule has 0 unspecified atom stereocenters. The van der Waals surface area contributed by atoms with E-state index < -0.39 is 0 Å². The number of hydrogen-bond acceptors (Lipinski definition) is 6. The van der Waals surface area contributed by atoms with Crippen molar-refractivity contribution in [1.82, 2.24) is 15.1 Å². The van der Waals surface area contributed by atoms with Crippen molar-refractivity contribution in [3.05, 3.63) is 78.2 Å². The first-order valence-electron chi connectivity index (χ1n) is 11.2.